The van der Waals surface area contributed by atoms with Gasteiger partial charge in [0.05, 0.1) is 12.8 Å². The summed E-state index contributed by atoms with van der Waals surface area (Å²) in [6.45, 7) is 2.83. The fourth-order valence-corrected chi connectivity index (χ4v) is 1.94. The number of methoxy groups -OCH3 is 1. The van der Waals surface area contributed by atoms with Crippen LogP contribution in [0.1, 0.15) is 29.5 Å². The molecule has 0 unspecified atom stereocenters. The van der Waals surface area contributed by atoms with Crippen molar-refractivity contribution >= 4 is 11.5 Å². The zero-order chi connectivity index (χ0) is 13.8. The number of aromatic nitrogens is 2. The number of ketones is 1. The number of carbonyl (C=O) groups excluding carboxylic acids is 1. The second-order valence-corrected chi connectivity index (χ2v) is 4.23. The maximum absolute atomic E-state index is 12.4. The van der Waals surface area contributed by atoms with Crippen molar-refractivity contribution in [2.45, 2.75) is 19.9 Å². The van der Waals surface area contributed by atoms with E-state index in [-0.39, 0.29) is 5.78 Å². The van der Waals surface area contributed by atoms with E-state index in [2.05, 4.69) is 11.9 Å². The lowest BCUT2D eigenvalue weighted by atomic mass is 10.1. The molecule has 0 atom stereocenters. The lowest BCUT2D eigenvalue weighted by Gasteiger charge is -2.08. The largest absolute Gasteiger partial charge is 0.495 e. The number of rotatable bonds is 5. The zero-order valence-electron chi connectivity index (χ0n) is 11.1. The minimum atomic E-state index is -0.132. The van der Waals surface area contributed by atoms with Crippen LogP contribution in [0.3, 0.4) is 0 Å². The number of nitrogen functional groups attached to an aromatic ring is 1. The monoisotopic (exact) mass is 259 g/mol. The van der Waals surface area contributed by atoms with Crippen molar-refractivity contribution in [3.05, 3.63) is 42.0 Å². The number of hydrogen-bond donors (Lipinski definition) is 1. The first-order valence-electron chi connectivity index (χ1n) is 6.16. The van der Waals surface area contributed by atoms with Crippen molar-refractivity contribution in [2.24, 2.45) is 0 Å². The minimum absolute atomic E-state index is 0.132. The van der Waals surface area contributed by atoms with E-state index >= 15 is 0 Å². The van der Waals surface area contributed by atoms with Crippen LogP contribution >= 0.6 is 0 Å². The Bertz CT molecular complexity index is 590. The van der Waals surface area contributed by atoms with Gasteiger partial charge in [-0.05, 0) is 24.6 Å². The van der Waals surface area contributed by atoms with E-state index in [1.54, 1.807) is 31.5 Å². The van der Waals surface area contributed by atoms with Gasteiger partial charge in [0.2, 0.25) is 5.78 Å². The van der Waals surface area contributed by atoms with Crippen molar-refractivity contribution in [2.75, 3.05) is 12.8 Å². The highest BCUT2D eigenvalue weighted by molar-refractivity contribution is 6.07. The normalized spacial score (nSPS) is 10.4. The third kappa shape index (κ3) is 2.59. The van der Waals surface area contributed by atoms with Crippen LogP contribution in [0, 0.1) is 0 Å². The molecule has 1 aromatic heterocycles. The molecule has 1 heterocycles. The smallest absolute Gasteiger partial charge is 0.228 e. The van der Waals surface area contributed by atoms with E-state index in [4.69, 9.17) is 10.5 Å². The Labute approximate surface area is 112 Å². The predicted octanol–water partition coefficient (Wildman–Crippen LogP) is 2.11. The molecule has 0 aliphatic carbocycles. The molecule has 0 saturated carbocycles. The molecule has 100 valence electrons. The van der Waals surface area contributed by atoms with E-state index in [0.717, 1.165) is 13.0 Å². The quantitative estimate of drug-likeness (QED) is 0.659. The summed E-state index contributed by atoms with van der Waals surface area (Å²) in [6.07, 6.45) is 4.39. The summed E-state index contributed by atoms with van der Waals surface area (Å²) >= 11 is 0. The molecule has 2 aromatic rings. The zero-order valence-corrected chi connectivity index (χ0v) is 11.1. The fourth-order valence-electron chi connectivity index (χ4n) is 1.94. The van der Waals surface area contributed by atoms with Crippen LogP contribution in [0.25, 0.3) is 0 Å². The molecule has 5 nitrogen and oxygen atoms in total. The number of hydrogen-bond acceptors (Lipinski definition) is 4. The number of anilines is 1. The van der Waals surface area contributed by atoms with Gasteiger partial charge in [-0.1, -0.05) is 6.92 Å². The van der Waals surface area contributed by atoms with Gasteiger partial charge >= 0.3 is 0 Å². The van der Waals surface area contributed by atoms with Crippen molar-refractivity contribution < 1.29 is 9.53 Å². The van der Waals surface area contributed by atoms with Gasteiger partial charge in [0.25, 0.3) is 0 Å². The maximum Gasteiger partial charge on any atom is 0.228 e. The Morgan fingerprint density at radius 2 is 2.26 bits per heavy atom. The third-order valence-corrected chi connectivity index (χ3v) is 2.87. The Kier molecular flexibility index (Phi) is 3.85. The highest BCUT2D eigenvalue weighted by Gasteiger charge is 2.16. The number of nitrogens with zero attached hydrogens (tertiary/aromatic N) is 2. The fraction of sp³-hybridized carbons (Fsp3) is 0.286. The van der Waals surface area contributed by atoms with E-state index in [0.29, 0.717) is 22.8 Å². The van der Waals surface area contributed by atoms with Crippen LogP contribution in [-0.4, -0.2) is 22.4 Å². The van der Waals surface area contributed by atoms with Crippen LogP contribution < -0.4 is 10.5 Å². The van der Waals surface area contributed by atoms with Crippen molar-refractivity contribution in [1.29, 1.82) is 0 Å². The summed E-state index contributed by atoms with van der Waals surface area (Å²) < 4.78 is 6.93. The number of nitrogens with two attached hydrogens (primary N) is 1. The Hall–Kier alpha value is -2.30. The molecule has 19 heavy (non-hydrogen) atoms. The number of carbonyl (C=O) groups is 1. The summed E-state index contributed by atoms with van der Waals surface area (Å²) in [6, 6.07) is 5.00. The SMILES string of the molecule is CCCn1ccnc1C(=O)c1ccc(OC)c(N)c1. The molecule has 2 rings (SSSR count). The maximum atomic E-state index is 12.4. The molecule has 0 saturated heterocycles. The number of ether oxygens (including phenoxy) is 1. The first kappa shape index (κ1) is 13.1. The first-order chi connectivity index (χ1) is 9.17. The summed E-state index contributed by atoms with van der Waals surface area (Å²) in [4.78, 5) is 16.5. The highest BCUT2D eigenvalue weighted by atomic mass is 16.5. The van der Waals surface area contributed by atoms with Gasteiger partial charge in [-0.3, -0.25) is 4.79 Å². The average Bonchev–Trinajstić information content (AvgIpc) is 2.86. The number of benzene rings is 1. The number of imidazole rings is 1. The van der Waals surface area contributed by atoms with Gasteiger partial charge in [0.15, 0.2) is 5.82 Å². The average molecular weight is 259 g/mol. The molecule has 0 amide bonds. The predicted molar refractivity (Wildman–Crippen MR) is 73.4 cm³/mol. The Balaban J connectivity index is 2.33. The van der Waals surface area contributed by atoms with E-state index < -0.39 is 0 Å². The van der Waals surface area contributed by atoms with E-state index in [1.807, 2.05) is 10.8 Å². The van der Waals surface area contributed by atoms with E-state index in [1.165, 1.54) is 0 Å². The van der Waals surface area contributed by atoms with Crippen LogP contribution in [0.15, 0.2) is 30.6 Å². The van der Waals surface area contributed by atoms with Crippen LogP contribution in [0.2, 0.25) is 0 Å². The molecular weight excluding hydrogens is 242 g/mol. The molecule has 0 radical (unpaired) electrons. The van der Waals surface area contributed by atoms with Crippen molar-refractivity contribution in [1.82, 2.24) is 9.55 Å². The summed E-state index contributed by atoms with van der Waals surface area (Å²) in [7, 11) is 1.54. The van der Waals surface area contributed by atoms with Crippen molar-refractivity contribution in [3.8, 4) is 5.75 Å². The molecular formula is C14H17N3O2. The second-order valence-electron chi connectivity index (χ2n) is 4.23. The molecule has 0 spiro atoms. The Morgan fingerprint density at radius 1 is 1.47 bits per heavy atom. The Morgan fingerprint density at radius 3 is 2.89 bits per heavy atom. The number of aryl methyl sites for hydroxylation is 1. The van der Waals surface area contributed by atoms with Crippen LogP contribution in [0.5, 0.6) is 5.75 Å². The molecule has 0 aliphatic heterocycles. The molecule has 0 bridgehead atoms. The topological polar surface area (TPSA) is 70.1 Å². The van der Waals surface area contributed by atoms with Gasteiger partial charge in [-0.15, -0.1) is 0 Å². The lowest BCUT2D eigenvalue weighted by Crippen LogP contribution is -2.11. The molecule has 0 aliphatic rings. The van der Waals surface area contributed by atoms with E-state index in [9.17, 15) is 4.79 Å². The van der Waals surface area contributed by atoms with Gasteiger partial charge in [-0.2, -0.15) is 0 Å². The van der Waals surface area contributed by atoms with Crippen molar-refractivity contribution in [3.63, 3.8) is 0 Å². The molecule has 2 N–H and O–H groups in total. The third-order valence-electron chi connectivity index (χ3n) is 2.87. The minimum Gasteiger partial charge on any atom is -0.495 e. The van der Waals surface area contributed by atoms with Gasteiger partial charge < -0.3 is 15.0 Å². The van der Waals surface area contributed by atoms with Crippen LogP contribution in [-0.2, 0) is 6.54 Å². The van der Waals surface area contributed by atoms with Gasteiger partial charge in [0.1, 0.15) is 5.75 Å². The van der Waals surface area contributed by atoms with Gasteiger partial charge in [-0.25, -0.2) is 4.98 Å². The summed E-state index contributed by atoms with van der Waals surface area (Å²) in [5.74, 6) is 0.868. The highest BCUT2D eigenvalue weighted by Crippen LogP contribution is 2.23. The summed E-state index contributed by atoms with van der Waals surface area (Å²) in [5.41, 5.74) is 6.78. The summed E-state index contributed by atoms with van der Waals surface area (Å²) in [5, 5.41) is 0. The lowest BCUT2D eigenvalue weighted by molar-refractivity contribution is 0.102. The first-order valence-corrected chi connectivity index (χ1v) is 6.16. The molecule has 5 heteroatoms. The standard InChI is InChI=1S/C14H17N3O2/c1-3-7-17-8-6-16-14(17)13(18)10-4-5-12(19-2)11(15)9-10/h4-6,8-9H,3,7,15H2,1-2H3. The second kappa shape index (κ2) is 5.56. The molecule has 1 aromatic carbocycles. The van der Waals surface area contributed by atoms with Crippen LogP contribution in [0.4, 0.5) is 5.69 Å². The van der Waals surface area contributed by atoms with Gasteiger partial charge in [0, 0.05) is 24.5 Å². The molecule has 0 fully saturated rings.